The fourth-order valence-electron chi connectivity index (χ4n) is 3.52. The average molecular weight is 288 g/mol. The molecule has 0 amide bonds. The van der Waals surface area contributed by atoms with E-state index >= 15 is 0 Å². The first-order chi connectivity index (χ1) is 10.3. The van der Waals surface area contributed by atoms with Gasteiger partial charge in [0.15, 0.2) is 5.78 Å². The minimum Gasteiger partial charge on any atom is -0.497 e. The van der Waals surface area contributed by atoms with E-state index in [2.05, 4.69) is 9.80 Å². The van der Waals surface area contributed by atoms with Gasteiger partial charge in [0.05, 0.1) is 13.7 Å². The van der Waals surface area contributed by atoms with Crippen molar-refractivity contribution in [1.29, 1.82) is 0 Å². The molecule has 114 valence electrons. The van der Waals surface area contributed by atoms with Crippen LogP contribution >= 0.6 is 0 Å². The van der Waals surface area contributed by atoms with E-state index < -0.39 is 0 Å². The molecule has 2 heterocycles. The quantitative estimate of drug-likeness (QED) is 0.794. The highest BCUT2D eigenvalue weighted by Crippen LogP contribution is 2.21. The van der Waals surface area contributed by atoms with Gasteiger partial charge in [-0.15, -0.1) is 0 Å². The van der Waals surface area contributed by atoms with E-state index in [0.29, 0.717) is 12.6 Å². The van der Waals surface area contributed by atoms with Crippen molar-refractivity contribution in [2.45, 2.75) is 25.3 Å². The molecule has 21 heavy (non-hydrogen) atoms. The zero-order chi connectivity index (χ0) is 14.7. The predicted octanol–water partition coefficient (Wildman–Crippen LogP) is 2.05. The van der Waals surface area contributed by atoms with Crippen molar-refractivity contribution in [1.82, 2.24) is 9.80 Å². The number of nitrogens with zero attached hydrogens (tertiary/aromatic N) is 2. The number of carbonyl (C=O) groups excluding carboxylic acids is 1. The molecule has 0 aliphatic carbocycles. The summed E-state index contributed by atoms with van der Waals surface area (Å²) < 4.78 is 5.20. The Morgan fingerprint density at radius 1 is 1.29 bits per heavy atom. The Hall–Kier alpha value is -1.39. The lowest BCUT2D eigenvalue weighted by Gasteiger charge is -2.25. The van der Waals surface area contributed by atoms with Gasteiger partial charge in [-0.3, -0.25) is 14.6 Å². The maximum atomic E-state index is 12.5. The summed E-state index contributed by atoms with van der Waals surface area (Å²) in [5.41, 5.74) is 0.752. The van der Waals surface area contributed by atoms with Crippen molar-refractivity contribution in [2.75, 3.05) is 39.8 Å². The maximum Gasteiger partial charge on any atom is 0.176 e. The molecule has 0 radical (unpaired) electrons. The molecule has 2 fully saturated rings. The van der Waals surface area contributed by atoms with Crippen molar-refractivity contribution >= 4 is 5.78 Å². The number of Topliss-reactive ketones (excluding diaryl/α,β-unsaturated/α-hetero) is 1. The summed E-state index contributed by atoms with van der Waals surface area (Å²) in [6.45, 7) is 5.02. The van der Waals surface area contributed by atoms with Crippen LogP contribution in [0.25, 0.3) is 0 Å². The highest BCUT2D eigenvalue weighted by Gasteiger charge is 2.29. The van der Waals surface area contributed by atoms with Crippen LogP contribution in [-0.2, 0) is 0 Å². The molecule has 3 rings (SSSR count). The van der Waals surface area contributed by atoms with Crippen LogP contribution in [0.3, 0.4) is 0 Å². The van der Waals surface area contributed by atoms with E-state index in [4.69, 9.17) is 4.74 Å². The molecule has 0 aromatic heterocycles. The second-order valence-electron chi connectivity index (χ2n) is 6.08. The number of ether oxygens (including phenoxy) is 1. The van der Waals surface area contributed by atoms with Crippen molar-refractivity contribution in [2.24, 2.45) is 0 Å². The number of carbonyl (C=O) groups is 1. The summed E-state index contributed by atoms with van der Waals surface area (Å²) in [7, 11) is 1.63. The fourth-order valence-corrected chi connectivity index (χ4v) is 3.52. The molecule has 0 spiro atoms. The van der Waals surface area contributed by atoms with Gasteiger partial charge in [0.2, 0.25) is 0 Å². The number of ketones is 1. The summed E-state index contributed by atoms with van der Waals surface area (Å²) >= 11 is 0. The van der Waals surface area contributed by atoms with Crippen molar-refractivity contribution in [3.63, 3.8) is 0 Å². The highest BCUT2D eigenvalue weighted by molar-refractivity contribution is 5.97. The molecule has 4 nitrogen and oxygen atoms in total. The van der Waals surface area contributed by atoms with Crippen LogP contribution in [0.1, 0.15) is 29.6 Å². The minimum absolute atomic E-state index is 0.195. The average Bonchev–Trinajstić information content (AvgIpc) is 2.86. The van der Waals surface area contributed by atoms with Crippen LogP contribution in [0.2, 0.25) is 0 Å². The lowest BCUT2D eigenvalue weighted by atomic mass is 10.1. The smallest absolute Gasteiger partial charge is 0.176 e. The zero-order valence-corrected chi connectivity index (χ0v) is 12.8. The Kier molecular flexibility index (Phi) is 4.56. The van der Waals surface area contributed by atoms with Gasteiger partial charge < -0.3 is 4.74 Å². The van der Waals surface area contributed by atoms with Gasteiger partial charge in [0, 0.05) is 18.2 Å². The van der Waals surface area contributed by atoms with Gasteiger partial charge in [0.1, 0.15) is 5.75 Å². The molecule has 2 aliphatic heterocycles. The SMILES string of the molecule is COc1cccc(C(=O)CN2CCCN3CCCC3C2)c1. The lowest BCUT2D eigenvalue weighted by molar-refractivity contribution is 0.0924. The third-order valence-corrected chi connectivity index (χ3v) is 4.65. The van der Waals surface area contributed by atoms with Crippen molar-refractivity contribution in [3.05, 3.63) is 29.8 Å². The standard InChI is InChI=1S/C17H24N2O2/c1-21-16-7-2-5-14(11-16)17(20)13-18-8-4-10-19-9-3-6-15(19)12-18/h2,5,7,11,15H,3-4,6,8-10,12-13H2,1H3. The van der Waals surface area contributed by atoms with Gasteiger partial charge in [-0.25, -0.2) is 0 Å². The van der Waals surface area contributed by atoms with Crippen LogP contribution in [0.4, 0.5) is 0 Å². The van der Waals surface area contributed by atoms with E-state index in [0.717, 1.165) is 24.4 Å². The Balaban J connectivity index is 1.63. The Bertz CT molecular complexity index is 503. The van der Waals surface area contributed by atoms with Crippen LogP contribution < -0.4 is 4.74 Å². The minimum atomic E-state index is 0.195. The molecule has 1 aromatic carbocycles. The van der Waals surface area contributed by atoms with E-state index in [1.165, 1.54) is 32.4 Å². The third-order valence-electron chi connectivity index (χ3n) is 4.65. The monoisotopic (exact) mass is 288 g/mol. The van der Waals surface area contributed by atoms with Crippen LogP contribution in [0, 0.1) is 0 Å². The second-order valence-corrected chi connectivity index (χ2v) is 6.08. The molecule has 0 saturated carbocycles. The molecule has 1 aromatic rings. The Morgan fingerprint density at radius 2 is 2.14 bits per heavy atom. The first-order valence-corrected chi connectivity index (χ1v) is 7.90. The molecule has 0 bridgehead atoms. The van der Waals surface area contributed by atoms with E-state index in [1.54, 1.807) is 7.11 Å². The molecule has 1 unspecified atom stereocenters. The summed E-state index contributed by atoms with van der Waals surface area (Å²) in [5, 5.41) is 0. The van der Waals surface area contributed by atoms with Crippen LogP contribution in [-0.4, -0.2) is 61.5 Å². The van der Waals surface area contributed by atoms with E-state index in [1.807, 2.05) is 24.3 Å². The van der Waals surface area contributed by atoms with Gasteiger partial charge in [0.25, 0.3) is 0 Å². The second kappa shape index (κ2) is 6.58. The van der Waals surface area contributed by atoms with Crippen LogP contribution in [0.15, 0.2) is 24.3 Å². The number of benzene rings is 1. The number of hydrogen-bond acceptors (Lipinski definition) is 4. The van der Waals surface area contributed by atoms with Gasteiger partial charge in [-0.2, -0.15) is 0 Å². The number of hydrogen-bond donors (Lipinski definition) is 0. The van der Waals surface area contributed by atoms with Gasteiger partial charge >= 0.3 is 0 Å². The van der Waals surface area contributed by atoms with E-state index in [9.17, 15) is 4.79 Å². The van der Waals surface area contributed by atoms with Gasteiger partial charge in [-0.1, -0.05) is 12.1 Å². The molecule has 2 aliphatic rings. The predicted molar refractivity (Wildman–Crippen MR) is 83.0 cm³/mol. The number of fused-ring (bicyclic) bond motifs is 1. The van der Waals surface area contributed by atoms with Gasteiger partial charge in [-0.05, 0) is 51.0 Å². The molecule has 1 atom stereocenters. The molecule has 0 N–H and O–H groups in total. The first-order valence-electron chi connectivity index (χ1n) is 7.90. The van der Waals surface area contributed by atoms with Crippen LogP contribution in [0.5, 0.6) is 5.75 Å². The summed E-state index contributed by atoms with van der Waals surface area (Å²) in [5.74, 6) is 0.944. The Labute approximate surface area is 126 Å². The molecular weight excluding hydrogens is 264 g/mol. The van der Waals surface area contributed by atoms with E-state index in [-0.39, 0.29) is 5.78 Å². The molecule has 4 heteroatoms. The topological polar surface area (TPSA) is 32.8 Å². The normalized spacial score (nSPS) is 23.6. The Morgan fingerprint density at radius 3 is 3.00 bits per heavy atom. The largest absolute Gasteiger partial charge is 0.497 e. The maximum absolute atomic E-state index is 12.5. The summed E-state index contributed by atoms with van der Waals surface area (Å²) in [6, 6.07) is 8.13. The molecular formula is C17H24N2O2. The number of methoxy groups -OCH3 is 1. The zero-order valence-electron chi connectivity index (χ0n) is 12.8. The highest BCUT2D eigenvalue weighted by atomic mass is 16.5. The summed E-state index contributed by atoms with van der Waals surface area (Å²) in [4.78, 5) is 17.4. The first kappa shape index (κ1) is 14.5. The summed E-state index contributed by atoms with van der Waals surface area (Å²) in [6.07, 6.45) is 3.76. The van der Waals surface area contributed by atoms with Crippen molar-refractivity contribution in [3.8, 4) is 5.75 Å². The number of rotatable bonds is 4. The molecule has 2 saturated heterocycles. The van der Waals surface area contributed by atoms with Crippen molar-refractivity contribution < 1.29 is 9.53 Å². The third kappa shape index (κ3) is 3.44. The lowest BCUT2D eigenvalue weighted by Crippen LogP contribution is -2.38. The fraction of sp³-hybridized carbons (Fsp3) is 0.588.